The van der Waals surface area contributed by atoms with Crippen molar-refractivity contribution in [3.63, 3.8) is 0 Å². The van der Waals surface area contributed by atoms with Crippen LogP contribution in [0.4, 0.5) is 5.69 Å². The minimum atomic E-state index is 0.241. The van der Waals surface area contributed by atoms with Crippen molar-refractivity contribution in [2.45, 2.75) is 32.2 Å². The Labute approximate surface area is 91.5 Å². The lowest BCUT2D eigenvalue weighted by Crippen LogP contribution is -2.40. The zero-order valence-corrected chi connectivity index (χ0v) is 9.32. The molecule has 0 aromatic heterocycles. The van der Waals surface area contributed by atoms with Crippen LogP contribution in [0.25, 0.3) is 0 Å². The molecule has 1 aliphatic rings. The van der Waals surface area contributed by atoms with Gasteiger partial charge >= 0.3 is 0 Å². The predicted octanol–water partition coefficient (Wildman–Crippen LogP) is 2.21. The second kappa shape index (κ2) is 4.67. The fraction of sp³-hybridized carbons (Fsp3) is 0.538. The van der Waals surface area contributed by atoms with Gasteiger partial charge in [-0.25, -0.2) is 0 Å². The van der Waals surface area contributed by atoms with E-state index in [2.05, 4.69) is 36.1 Å². The number of aliphatic hydroxyl groups is 1. The van der Waals surface area contributed by atoms with Crippen LogP contribution in [0.1, 0.15) is 25.3 Å². The number of para-hydroxylation sites is 1. The Morgan fingerprint density at radius 1 is 1.40 bits per heavy atom. The van der Waals surface area contributed by atoms with Crippen LogP contribution < -0.4 is 4.90 Å². The summed E-state index contributed by atoms with van der Waals surface area (Å²) in [4.78, 5) is 2.36. The number of anilines is 1. The number of fused-ring (bicyclic) bond motifs is 1. The molecule has 15 heavy (non-hydrogen) atoms. The smallest absolute Gasteiger partial charge is 0.0606 e. The van der Waals surface area contributed by atoms with Crippen LogP contribution in [0.15, 0.2) is 24.3 Å². The lowest BCUT2D eigenvalue weighted by Gasteiger charge is -2.38. The summed E-state index contributed by atoms with van der Waals surface area (Å²) in [7, 11) is 0. The molecule has 0 saturated heterocycles. The Bertz CT molecular complexity index is 324. The molecule has 82 valence electrons. The van der Waals surface area contributed by atoms with Gasteiger partial charge in [-0.15, -0.1) is 0 Å². The van der Waals surface area contributed by atoms with Crippen LogP contribution >= 0.6 is 0 Å². The van der Waals surface area contributed by atoms with Crippen molar-refractivity contribution in [3.8, 4) is 0 Å². The molecule has 1 aromatic rings. The first-order valence-electron chi connectivity index (χ1n) is 5.82. The first kappa shape index (κ1) is 10.5. The fourth-order valence-electron chi connectivity index (χ4n) is 2.51. The molecule has 0 amide bonds. The summed E-state index contributed by atoms with van der Waals surface area (Å²) in [5.74, 6) is 0. The predicted molar refractivity (Wildman–Crippen MR) is 63.3 cm³/mol. The Morgan fingerprint density at radius 2 is 2.20 bits per heavy atom. The average Bonchev–Trinajstić information content (AvgIpc) is 2.30. The summed E-state index contributed by atoms with van der Waals surface area (Å²) in [5, 5.41) is 9.12. The normalized spacial score (nSPS) is 20.1. The molecule has 2 nitrogen and oxygen atoms in total. The van der Waals surface area contributed by atoms with Gasteiger partial charge in [-0.2, -0.15) is 0 Å². The molecule has 1 heterocycles. The molecule has 2 rings (SSSR count). The number of hydrogen-bond donors (Lipinski definition) is 1. The summed E-state index contributed by atoms with van der Waals surface area (Å²) in [6.45, 7) is 3.23. The van der Waals surface area contributed by atoms with Crippen molar-refractivity contribution < 1.29 is 5.11 Å². The summed E-state index contributed by atoms with van der Waals surface area (Å²) >= 11 is 0. The van der Waals surface area contributed by atoms with Crippen molar-refractivity contribution in [1.29, 1.82) is 0 Å². The Hall–Kier alpha value is -1.02. The number of aliphatic hydroxyl groups excluding tert-OH is 1. The van der Waals surface area contributed by atoms with E-state index in [0.717, 1.165) is 13.0 Å². The quantitative estimate of drug-likeness (QED) is 0.817. The van der Waals surface area contributed by atoms with E-state index >= 15 is 0 Å². The monoisotopic (exact) mass is 205 g/mol. The number of nitrogens with zero attached hydrogens (tertiary/aromatic N) is 1. The topological polar surface area (TPSA) is 23.5 Å². The summed E-state index contributed by atoms with van der Waals surface area (Å²) in [5.41, 5.74) is 2.75. The van der Waals surface area contributed by atoms with E-state index in [9.17, 15) is 0 Å². The maximum atomic E-state index is 9.12. The Kier molecular flexibility index (Phi) is 3.27. The van der Waals surface area contributed by atoms with Crippen molar-refractivity contribution in [3.05, 3.63) is 29.8 Å². The SMILES string of the molecule is CCC1CCc2ccccc2N1CCO. The molecule has 0 fully saturated rings. The van der Waals surface area contributed by atoms with E-state index in [1.807, 2.05) is 0 Å². The van der Waals surface area contributed by atoms with E-state index in [-0.39, 0.29) is 6.61 Å². The third-order valence-electron chi connectivity index (χ3n) is 3.30. The van der Waals surface area contributed by atoms with Crippen molar-refractivity contribution in [2.75, 3.05) is 18.1 Å². The molecule has 0 bridgehead atoms. The molecule has 0 saturated carbocycles. The zero-order valence-electron chi connectivity index (χ0n) is 9.32. The molecule has 2 heteroatoms. The highest BCUT2D eigenvalue weighted by Gasteiger charge is 2.23. The van der Waals surface area contributed by atoms with Gasteiger partial charge < -0.3 is 10.0 Å². The van der Waals surface area contributed by atoms with Gasteiger partial charge in [0.15, 0.2) is 0 Å². The van der Waals surface area contributed by atoms with Crippen LogP contribution in [0.3, 0.4) is 0 Å². The third-order valence-corrected chi connectivity index (χ3v) is 3.30. The van der Waals surface area contributed by atoms with Gasteiger partial charge in [0.05, 0.1) is 6.61 Å². The highest BCUT2D eigenvalue weighted by Crippen LogP contribution is 2.31. The van der Waals surface area contributed by atoms with Gasteiger partial charge in [0.2, 0.25) is 0 Å². The molecule has 1 atom stereocenters. The molecule has 0 spiro atoms. The van der Waals surface area contributed by atoms with E-state index in [1.54, 1.807) is 0 Å². The van der Waals surface area contributed by atoms with E-state index in [4.69, 9.17) is 5.11 Å². The van der Waals surface area contributed by atoms with Gasteiger partial charge in [0, 0.05) is 18.3 Å². The van der Waals surface area contributed by atoms with Crippen molar-refractivity contribution in [1.82, 2.24) is 0 Å². The lowest BCUT2D eigenvalue weighted by atomic mass is 9.94. The Morgan fingerprint density at radius 3 is 2.93 bits per heavy atom. The van der Waals surface area contributed by atoms with Crippen molar-refractivity contribution >= 4 is 5.69 Å². The second-order valence-electron chi connectivity index (χ2n) is 4.15. The molecular formula is C13H19NO. The number of benzene rings is 1. The van der Waals surface area contributed by atoms with Gasteiger partial charge in [0.25, 0.3) is 0 Å². The lowest BCUT2D eigenvalue weighted by molar-refractivity contribution is 0.294. The summed E-state index contributed by atoms with van der Waals surface area (Å²) in [6, 6.07) is 9.16. The second-order valence-corrected chi connectivity index (χ2v) is 4.15. The van der Waals surface area contributed by atoms with Crippen LogP contribution in [0, 0.1) is 0 Å². The average molecular weight is 205 g/mol. The molecule has 1 aromatic carbocycles. The standard InChI is InChI=1S/C13H19NO/c1-2-12-8-7-11-5-3-4-6-13(11)14(12)9-10-15/h3-6,12,15H,2,7-10H2,1H3. The zero-order chi connectivity index (χ0) is 10.7. The number of hydrogen-bond acceptors (Lipinski definition) is 2. The molecular weight excluding hydrogens is 186 g/mol. The molecule has 0 aliphatic carbocycles. The highest BCUT2D eigenvalue weighted by molar-refractivity contribution is 5.56. The maximum Gasteiger partial charge on any atom is 0.0606 e. The molecule has 1 aliphatic heterocycles. The third kappa shape index (κ3) is 2.00. The number of aryl methyl sites for hydroxylation is 1. The number of β-amino-alcohol motifs (C(OH)–C–C–N with tert-alkyl or cyclic N) is 1. The maximum absolute atomic E-state index is 9.12. The van der Waals surface area contributed by atoms with Crippen LogP contribution in [0.5, 0.6) is 0 Å². The summed E-state index contributed by atoms with van der Waals surface area (Å²) < 4.78 is 0. The van der Waals surface area contributed by atoms with Gasteiger partial charge in [-0.3, -0.25) is 0 Å². The van der Waals surface area contributed by atoms with Gasteiger partial charge in [-0.05, 0) is 30.9 Å². The van der Waals surface area contributed by atoms with Crippen LogP contribution in [0.2, 0.25) is 0 Å². The van der Waals surface area contributed by atoms with E-state index < -0.39 is 0 Å². The number of rotatable bonds is 3. The molecule has 1 unspecified atom stereocenters. The van der Waals surface area contributed by atoms with Crippen LogP contribution in [-0.2, 0) is 6.42 Å². The van der Waals surface area contributed by atoms with Crippen molar-refractivity contribution in [2.24, 2.45) is 0 Å². The largest absolute Gasteiger partial charge is 0.395 e. The first-order chi connectivity index (χ1) is 7.36. The minimum Gasteiger partial charge on any atom is -0.395 e. The van der Waals surface area contributed by atoms with E-state index in [0.29, 0.717) is 6.04 Å². The minimum absolute atomic E-state index is 0.241. The Balaban J connectivity index is 2.29. The summed E-state index contributed by atoms with van der Waals surface area (Å²) in [6.07, 6.45) is 3.55. The fourth-order valence-corrected chi connectivity index (χ4v) is 2.51. The van der Waals surface area contributed by atoms with Gasteiger partial charge in [-0.1, -0.05) is 25.1 Å². The highest BCUT2D eigenvalue weighted by atomic mass is 16.3. The van der Waals surface area contributed by atoms with Gasteiger partial charge in [0.1, 0.15) is 0 Å². The first-order valence-corrected chi connectivity index (χ1v) is 5.82. The molecule has 0 radical (unpaired) electrons. The van der Waals surface area contributed by atoms with Crippen LogP contribution in [-0.4, -0.2) is 24.3 Å². The van der Waals surface area contributed by atoms with E-state index in [1.165, 1.54) is 24.1 Å². The molecule has 1 N–H and O–H groups in total.